The Balaban J connectivity index is -0.0000000150. The molecule has 0 radical (unpaired) electrons. The molecule has 0 amide bonds. The van der Waals surface area contributed by atoms with Crippen LogP contribution in [0.5, 0.6) is 0 Å². The molecule has 0 heterocycles. The summed E-state index contributed by atoms with van der Waals surface area (Å²) >= 11 is 0. The van der Waals surface area contributed by atoms with Gasteiger partial charge in [0, 0.05) is 0 Å². The van der Waals surface area contributed by atoms with Crippen LogP contribution in [0.1, 0.15) is 0 Å². The molecule has 0 aliphatic heterocycles. The zero-order valence-electron chi connectivity index (χ0n) is 2.30. The fourth-order valence-corrected chi connectivity index (χ4v) is 0. The van der Waals surface area contributed by atoms with Crippen LogP contribution in [0.25, 0.3) is 0 Å². The third kappa shape index (κ3) is 297. The summed E-state index contributed by atoms with van der Waals surface area (Å²) in [6.45, 7) is 0. The van der Waals surface area contributed by atoms with E-state index in [0.29, 0.717) is 0 Å². The molecule has 7 heteroatoms. The Kier molecular flexibility index (Phi) is 57.3. The Morgan fingerprint density at radius 1 is 1.29 bits per heavy atom. The average molecular weight is 134 g/mol. The summed E-state index contributed by atoms with van der Waals surface area (Å²) in [4.78, 5) is 14.3. The molecule has 0 aromatic heterocycles. The summed E-state index contributed by atoms with van der Waals surface area (Å²) in [5.41, 5.74) is 0. The molecule has 0 saturated heterocycles. The van der Waals surface area contributed by atoms with Crippen molar-refractivity contribution in [3.05, 3.63) is 0 Å². The first-order chi connectivity index (χ1) is 1.73. The molecule has 0 saturated carbocycles. The predicted octanol–water partition coefficient (Wildman–Crippen LogP) is -4.27. The quantitative estimate of drug-likeness (QED) is 0.329. The summed E-state index contributed by atoms with van der Waals surface area (Å²) in [6.07, 6.45) is 0. The first-order valence-electron chi connectivity index (χ1n) is 0.651. The molecular formula is H8AlLiO4Si. The minimum absolute atomic E-state index is 0. The average Bonchev–Trinajstić information content (AvgIpc) is 0.811. The molecular weight excluding hydrogens is 126 g/mol. The van der Waals surface area contributed by atoms with Crippen LogP contribution in [-0.4, -0.2) is 60.5 Å². The van der Waals surface area contributed by atoms with Crippen molar-refractivity contribution in [2.75, 3.05) is 0 Å². The fourth-order valence-electron chi connectivity index (χ4n) is 0. The van der Waals surface area contributed by atoms with Gasteiger partial charge in [0.2, 0.25) is 0 Å². The monoisotopic (exact) mass is 134 g/mol. The van der Waals surface area contributed by atoms with Crippen molar-refractivity contribution in [1.82, 2.24) is 0 Å². The van der Waals surface area contributed by atoms with Gasteiger partial charge < -0.3 is 15.1 Å². The number of hydrogen-bond acceptors (Lipinski definition) is 1. The van der Waals surface area contributed by atoms with Crippen LogP contribution in [0, 0.1) is 0 Å². The van der Waals surface area contributed by atoms with Gasteiger partial charge in [0.05, 0.1) is 0 Å². The second kappa shape index (κ2) is 15.9. The van der Waals surface area contributed by atoms with Gasteiger partial charge in [-0.1, -0.05) is 0 Å². The molecule has 0 bridgehead atoms. The van der Waals surface area contributed by atoms with E-state index in [1.54, 1.807) is 0 Å². The minimum atomic E-state index is -3.13. The zero-order valence-corrected chi connectivity index (χ0v) is 3.30. The standard InChI is InChI=1S/Al.Li.H2O3Si.H2O.4H/c;;1-4(2)3;;;;;/h;;1-2H;1H2;;;;. The van der Waals surface area contributed by atoms with Crippen LogP contribution in [-0.2, 0) is 4.46 Å². The van der Waals surface area contributed by atoms with Gasteiger partial charge in [-0.05, 0) is 0 Å². The molecule has 0 spiro atoms. The van der Waals surface area contributed by atoms with Crippen molar-refractivity contribution in [3.8, 4) is 0 Å². The van der Waals surface area contributed by atoms with Crippen LogP contribution in [0.15, 0.2) is 0 Å². The van der Waals surface area contributed by atoms with E-state index in [9.17, 15) is 0 Å². The topological polar surface area (TPSA) is 89.0 Å². The van der Waals surface area contributed by atoms with Gasteiger partial charge in [-0.2, -0.15) is 0 Å². The molecule has 0 fully saturated rings. The van der Waals surface area contributed by atoms with Gasteiger partial charge in [0.1, 0.15) is 0 Å². The van der Waals surface area contributed by atoms with E-state index in [2.05, 4.69) is 0 Å². The molecule has 0 unspecified atom stereocenters. The van der Waals surface area contributed by atoms with E-state index < -0.39 is 9.17 Å². The summed E-state index contributed by atoms with van der Waals surface area (Å²) in [5.74, 6) is 0. The van der Waals surface area contributed by atoms with Gasteiger partial charge in [0.15, 0.2) is 17.4 Å². The fraction of sp³-hybridized carbons (Fsp3) is 0. The van der Waals surface area contributed by atoms with Crippen LogP contribution in [0.2, 0.25) is 0 Å². The second-order valence-corrected chi connectivity index (χ2v) is 0.848. The summed E-state index contributed by atoms with van der Waals surface area (Å²) in [5, 5.41) is 0. The molecule has 0 aromatic carbocycles. The van der Waals surface area contributed by atoms with Gasteiger partial charge in [-0.15, -0.1) is 0 Å². The molecule has 40 valence electrons. The second-order valence-electron chi connectivity index (χ2n) is 0.283. The van der Waals surface area contributed by atoms with Crippen molar-refractivity contribution in [3.63, 3.8) is 0 Å². The molecule has 0 atom stereocenters. The van der Waals surface area contributed by atoms with Gasteiger partial charge in [-0.3, -0.25) is 4.46 Å². The number of rotatable bonds is 0. The third-order valence-electron chi connectivity index (χ3n) is 0. The van der Waals surface area contributed by atoms with Crippen molar-refractivity contribution in [1.29, 1.82) is 0 Å². The van der Waals surface area contributed by atoms with Gasteiger partial charge in [-0.25, -0.2) is 0 Å². The first-order valence-corrected chi connectivity index (χ1v) is 1.95. The zero-order chi connectivity index (χ0) is 3.58. The van der Waals surface area contributed by atoms with E-state index in [4.69, 9.17) is 14.1 Å². The SMILES string of the molecule is O.O=[Si](O)O.[AlH3].[LiH]. The van der Waals surface area contributed by atoms with Crippen LogP contribution >= 0.6 is 0 Å². The summed E-state index contributed by atoms with van der Waals surface area (Å²) in [7, 11) is -3.13. The van der Waals surface area contributed by atoms with Crippen LogP contribution in [0.4, 0.5) is 0 Å². The molecule has 4 nitrogen and oxygen atoms in total. The van der Waals surface area contributed by atoms with Crippen molar-refractivity contribution in [2.24, 2.45) is 0 Å². The molecule has 0 rings (SSSR count). The molecule has 0 aliphatic rings. The van der Waals surface area contributed by atoms with E-state index in [1.807, 2.05) is 0 Å². The van der Waals surface area contributed by atoms with E-state index in [0.717, 1.165) is 0 Å². The Morgan fingerprint density at radius 3 is 1.29 bits per heavy atom. The molecule has 0 aromatic rings. The summed E-state index contributed by atoms with van der Waals surface area (Å²) in [6, 6.07) is 0. The Morgan fingerprint density at radius 2 is 1.29 bits per heavy atom. The van der Waals surface area contributed by atoms with E-state index in [-0.39, 0.29) is 41.7 Å². The van der Waals surface area contributed by atoms with Gasteiger partial charge in [0.25, 0.3) is 0 Å². The molecule has 7 heavy (non-hydrogen) atoms. The molecule has 4 N–H and O–H groups in total. The Bertz CT molecular complexity index is 34.7. The van der Waals surface area contributed by atoms with Crippen molar-refractivity contribution in [2.45, 2.75) is 0 Å². The van der Waals surface area contributed by atoms with Gasteiger partial charge >= 0.3 is 28.0 Å². The van der Waals surface area contributed by atoms with E-state index in [1.165, 1.54) is 0 Å². The maximum absolute atomic E-state index is 8.74. The Labute approximate surface area is 65.1 Å². The number of hydrogen-bond donors (Lipinski definition) is 2. The van der Waals surface area contributed by atoms with Crippen LogP contribution < -0.4 is 0 Å². The van der Waals surface area contributed by atoms with Crippen molar-refractivity contribution < 1.29 is 19.5 Å². The predicted molar refractivity (Wildman–Crippen MR) is 31.6 cm³/mol. The third-order valence-corrected chi connectivity index (χ3v) is 0. The first kappa shape index (κ1) is 25.2. The maximum atomic E-state index is 8.74. The Hall–Kier alpha value is 0.707. The van der Waals surface area contributed by atoms with Crippen molar-refractivity contribution >= 4 is 45.4 Å². The summed E-state index contributed by atoms with van der Waals surface area (Å²) < 4.78 is 8.74. The van der Waals surface area contributed by atoms with Crippen LogP contribution in [0.3, 0.4) is 0 Å². The van der Waals surface area contributed by atoms with E-state index >= 15 is 0 Å². The normalized spacial score (nSPS) is 3.43. The molecule has 0 aliphatic carbocycles.